The van der Waals surface area contributed by atoms with Crippen LogP contribution in [0.15, 0.2) is 0 Å². The molecule has 1 saturated heterocycles. The highest BCUT2D eigenvalue weighted by Gasteiger charge is 2.41. The molecule has 2 fully saturated rings. The second-order valence-corrected chi connectivity index (χ2v) is 7.37. The first-order chi connectivity index (χ1) is 9.59. The third-order valence-electron chi connectivity index (χ3n) is 5.37. The molecule has 3 nitrogen and oxygen atoms in total. The Morgan fingerprint density at radius 2 is 2.20 bits per heavy atom. The normalized spacial score (nSPS) is 36.5. The smallest absolute Gasteiger partial charge is 0.0700 e. The van der Waals surface area contributed by atoms with E-state index in [2.05, 4.69) is 25.7 Å². The van der Waals surface area contributed by atoms with Gasteiger partial charge in [-0.2, -0.15) is 0 Å². The monoisotopic (exact) mass is 282 g/mol. The average molecular weight is 282 g/mol. The zero-order valence-corrected chi connectivity index (χ0v) is 13.7. The summed E-state index contributed by atoms with van der Waals surface area (Å²) in [7, 11) is 0. The molecule has 0 radical (unpaired) electrons. The summed E-state index contributed by atoms with van der Waals surface area (Å²) in [5.74, 6) is 1.68. The number of nitrogens with zero attached hydrogens (tertiary/aromatic N) is 1. The fourth-order valence-corrected chi connectivity index (χ4v) is 4.33. The van der Waals surface area contributed by atoms with E-state index in [4.69, 9.17) is 10.5 Å². The van der Waals surface area contributed by atoms with Crippen molar-refractivity contribution < 1.29 is 4.74 Å². The molecule has 118 valence electrons. The Labute approximate surface area is 125 Å². The van der Waals surface area contributed by atoms with E-state index in [1.165, 1.54) is 32.1 Å². The third-order valence-corrected chi connectivity index (χ3v) is 5.37. The summed E-state index contributed by atoms with van der Waals surface area (Å²) >= 11 is 0. The van der Waals surface area contributed by atoms with Crippen molar-refractivity contribution in [3.05, 3.63) is 0 Å². The van der Waals surface area contributed by atoms with Crippen LogP contribution in [0.1, 0.15) is 59.3 Å². The number of hydrogen-bond donors (Lipinski definition) is 1. The quantitative estimate of drug-likeness (QED) is 0.842. The molecule has 2 rings (SSSR count). The van der Waals surface area contributed by atoms with Gasteiger partial charge in [0, 0.05) is 25.2 Å². The summed E-state index contributed by atoms with van der Waals surface area (Å²) in [4.78, 5) is 2.68. The van der Waals surface area contributed by atoms with Crippen LogP contribution in [-0.2, 0) is 4.74 Å². The molecule has 1 aliphatic heterocycles. The fourth-order valence-electron chi connectivity index (χ4n) is 4.33. The third kappa shape index (κ3) is 3.75. The van der Waals surface area contributed by atoms with Crippen molar-refractivity contribution in [3.63, 3.8) is 0 Å². The number of ether oxygens (including phenoxy) is 1. The summed E-state index contributed by atoms with van der Waals surface area (Å²) in [6, 6.07) is 0. The van der Waals surface area contributed by atoms with Crippen LogP contribution in [0.2, 0.25) is 0 Å². The molecule has 20 heavy (non-hydrogen) atoms. The minimum atomic E-state index is 0.259. The Hall–Kier alpha value is -0.120. The van der Waals surface area contributed by atoms with Crippen LogP contribution in [0, 0.1) is 11.8 Å². The maximum Gasteiger partial charge on any atom is 0.0700 e. The zero-order chi connectivity index (χ0) is 14.6. The number of hydrogen-bond acceptors (Lipinski definition) is 3. The summed E-state index contributed by atoms with van der Waals surface area (Å²) in [5.41, 5.74) is 6.53. The van der Waals surface area contributed by atoms with Gasteiger partial charge in [0.2, 0.25) is 0 Å². The molecular weight excluding hydrogens is 248 g/mol. The van der Waals surface area contributed by atoms with Crippen molar-refractivity contribution in [2.45, 2.75) is 70.9 Å². The summed E-state index contributed by atoms with van der Waals surface area (Å²) in [6.45, 7) is 10.8. The van der Waals surface area contributed by atoms with Crippen molar-refractivity contribution in [1.29, 1.82) is 0 Å². The molecule has 2 N–H and O–H groups in total. The first-order valence-corrected chi connectivity index (χ1v) is 8.66. The van der Waals surface area contributed by atoms with E-state index in [1.54, 1.807) is 0 Å². The molecule has 0 bridgehead atoms. The van der Waals surface area contributed by atoms with Gasteiger partial charge in [-0.3, -0.25) is 4.90 Å². The predicted octanol–water partition coefficient (Wildman–Crippen LogP) is 3.03. The second-order valence-electron chi connectivity index (χ2n) is 7.37. The summed E-state index contributed by atoms with van der Waals surface area (Å²) in [5, 5.41) is 0. The molecule has 0 aromatic heterocycles. The molecule has 3 heteroatoms. The van der Waals surface area contributed by atoms with Crippen LogP contribution >= 0.6 is 0 Å². The lowest BCUT2D eigenvalue weighted by molar-refractivity contribution is -0.0840. The van der Waals surface area contributed by atoms with Crippen molar-refractivity contribution in [1.82, 2.24) is 4.90 Å². The Morgan fingerprint density at radius 1 is 1.40 bits per heavy atom. The van der Waals surface area contributed by atoms with Crippen LogP contribution in [0.5, 0.6) is 0 Å². The highest BCUT2D eigenvalue weighted by Crippen LogP contribution is 2.39. The standard InChI is InChI=1S/C17H34N2O/c1-4-16-12-19(8-9-20-16)17(13-18)7-5-6-15(11-17)10-14(2)3/h14-16H,4-13,18H2,1-3H3. The molecule has 1 heterocycles. The van der Waals surface area contributed by atoms with Gasteiger partial charge in [0.05, 0.1) is 12.7 Å². The van der Waals surface area contributed by atoms with Gasteiger partial charge < -0.3 is 10.5 Å². The molecule has 3 unspecified atom stereocenters. The molecule has 0 aromatic rings. The predicted molar refractivity (Wildman–Crippen MR) is 84.8 cm³/mol. The topological polar surface area (TPSA) is 38.5 Å². The van der Waals surface area contributed by atoms with E-state index in [1.807, 2.05) is 0 Å². The van der Waals surface area contributed by atoms with Crippen molar-refractivity contribution in [2.75, 3.05) is 26.2 Å². The second kappa shape index (κ2) is 7.24. The van der Waals surface area contributed by atoms with Gasteiger partial charge in [0.1, 0.15) is 0 Å². The van der Waals surface area contributed by atoms with E-state index in [-0.39, 0.29) is 5.54 Å². The lowest BCUT2D eigenvalue weighted by atomic mass is 9.72. The van der Waals surface area contributed by atoms with E-state index >= 15 is 0 Å². The lowest BCUT2D eigenvalue weighted by Gasteiger charge is -2.51. The van der Waals surface area contributed by atoms with Gasteiger partial charge in [-0.15, -0.1) is 0 Å². The minimum Gasteiger partial charge on any atom is -0.376 e. The molecule has 0 aromatic carbocycles. The van der Waals surface area contributed by atoms with E-state index < -0.39 is 0 Å². The van der Waals surface area contributed by atoms with Gasteiger partial charge in [-0.05, 0) is 37.5 Å². The fraction of sp³-hybridized carbons (Fsp3) is 1.00. The Bertz CT molecular complexity index is 295. The maximum absolute atomic E-state index is 6.27. The molecule has 2 aliphatic rings. The van der Waals surface area contributed by atoms with Gasteiger partial charge in [-0.25, -0.2) is 0 Å². The molecule has 3 atom stereocenters. The first-order valence-electron chi connectivity index (χ1n) is 8.66. The number of nitrogens with two attached hydrogens (primary N) is 1. The zero-order valence-electron chi connectivity index (χ0n) is 13.7. The highest BCUT2D eigenvalue weighted by molar-refractivity contribution is 4.98. The maximum atomic E-state index is 6.27. The van der Waals surface area contributed by atoms with Gasteiger partial charge in [0.25, 0.3) is 0 Å². The number of morpholine rings is 1. The Morgan fingerprint density at radius 3 is 2.85 bits per heavy atom. The summed E-state index contributed by atoms with van der Waals surface area (Å²) in [6.07, 6.45) is 8.24. The van der Waals surface area contributed by atoms with Crippen LogP contribution < -0.4 is 5.73 Å². The van der Waals surface area contributed by atoms with Crippen LogP contribution in [-0.4, -0.2) is 42.8 Å². The van der Waals surface area contributed by atoms with Crippen LogP contribution in [0.4, 0.5) is 0 Å². The van der Waals surface area contributed by atoms with Gasteiger partial charge in [-0.1, -0.05) is 33.6 Å². The van der Waals surface area contributed by atoms with E-state index in [9.17, 15) is 0 Å². The van der Waals surface area contributed by atoms with Crippen molar-refractivity contribution in [2.24, 2.45) is 17.6 Å². The molecule has 1 aliphatic carbocycles. The van der Waals surface area contributed by atoms with E-state index in [0.717, 1.165) is 44.5 Å². The van der Waals surface area contributed by atoms with Crippen LogP contribution in [0.25, 0.3) is 0 Å². The SMILES string of the molecule is CCC1CN(C2(CN)CCCC(CC(C)C)C2)CCO1. The molecular formula is C17H34N2O. The molecule has 1 saturated carbocycles. The highest BCUT2D eigenvalue weighted by atomic mass is 16.5. The lowest BCUT2D eigenvalue weighted by Crippen LogP contribution is -2.61. The van der Waals surface area contributed by atoms with E-state index in [0.29, 0.717) is 6.10 Å². The van der Waals surface area contributed by atoms with Gasteiger partial charge >= 0.3 is 0 Å². The van der Waals surface area contributed by atoms with Crippen molar-refractivity contribution >= 4 is 0 Å². The minimum absolute atomic E-state index is 0.259. The van der Waals surface area contributed by atoms with Crippen molar-refractivity contribution in [3.8, 4) is 0 Å². The molecule has 0 spiro atoms. The van der Waals surface area contributed by atoms with Crippen LogP contribution in [0.3, 0.4) is 0 Å². The first kappa shape index (κ1) is 16.3. The largest absolute Gasteiger partial charge is 0.376 e. The van der Waals surface area contributed by atoms with Gasteiger partial charge in [0.15, 0.2) is 0 Å². The number of rotatable bonds is 5. The molecule has 0 amide bonds. The average Bonchev–Trinajstić information content (AvgIpc) is 2.46. The Balaban J connectivity index is 2.03. The summed E-state index contributed by atoms with van der Waals surface area (Å²) < 4.78 is 5.85. The Kier molecular flexibility index (Phi) is 5.88.